The van der Waals surface area contributed by atoms with Crippen LogP contribution < -0.4 is 29.5 Å². The zero-order valence-corrected chi connectivity index (χ0v) is 18.6. The van der Waals surface area contributed by atoms with Crippen molar-refractivity contribution in [1.29, 1.82) is 0 Å². The lowest BCUT2D eigenvalue weighted by atomic mass is 10.2. The first-order valence-electron chi connectivity index (χ1n) is 10.2. The summed E-state index contributed by atoms with van der Waals surface area (Å²) in [6, 6.07) is 5.39. The second kappa shape index (κ2) is 10.3. The van der Waals surface area contributed by atoms with Crippen molar-refractivity contribution in [3.05, 3.63) is 43.3 Å². The van der Waals surface area contributed by atoms with Crippen LogP contribution in [0.3, 0.4) is 0 Å². The van der Waals surface area contributed by atoms with Gasteiger partial charge in [0, 0.05) is 6.04 Å². The van der Waals surface area contributed by atoms with Gasteiger partial charge in [0.25, 0.3) is 5.56 Å². The third-order valence-corrected chi connectivity index (χ3v) is 5.71. The van der Waals surface area contributed by atoms with Crippen LogP contribution in [0.25, 0.3) is 12.2 Å². The van der Waals surface area contributed by atoms with Crippen molar-refractivity contribution in [3.8, 4) is 11.5 Å². The molecule has 0 saturated heterocycles. The van der Waals surface area contributed by atoms with Crippen LogP contribution in [0.2, 0.25) is 0 Å². The zero-order valence-electron chi connectivity index (χ0n) is 17.8. The highest BCUT2D eigenvalue weighted by Gasteiger charge is 2.14. The SMILES string of the molecule is CCOC(=O)/C=c1\s/c(=C\c2ccc3c(c2)OCCO3)c(=O)n1CC(=O)NC(C)CC. The molecule has 3 rings (SSSR count). The Morgan fingerprint density at radius 3 is 2.71 bits per heavy atom. The molecule has 166 valence electrons. The topological polar surface area (TPSA) is 95.9 Å². The number of hydrogen-bond acceptors (Lipinski definition) is 7. The number of hydrogen-bond donors (Lipinski definition) is 1. The molecule has 2 heterocycles. The van der Waals surface area contributed by atoms with Gasteiger partial charge in [0.2, 0.25) is 5.91 Å². The second-order valence-electron chi connectivity index (χ2n) is 7.02. The first-order chi connectivity index (χ1) is 14.9. The Labute approximate surface area is 183 Å². The van der Waals surface area contributed by atoms with E-state index in [0.29, 0.717) is 33.9 Å². The molecule has 1 aromatic heterocycles. The van der Waals surface area contributed by atoms with Crippen molar-refractivity contribution in [2.24, 2.45) is 0 Å². The van der Waals surface area contributed by atoms with E-state index >= 15 is 0 Å². The van der Waals surface area contributed by atoms with Gasteiger partial charge in [0.1, 0.15) is 24.4 Å². The first-order valence-corrected chi connectivity index (χ1v) is 11.0. The molecule has 1 aliphatic heterocycles. The van der Waals surface area contributed by atoms with E-state index in [4.69, 9.17) is 14.2 Å². The lowest BCUT2D eigenvalue weighted by Crippen LogP contribution is -2.41. The van der Waals surface area contributed by atoms with E-state index in [0.717, 1.165) is 23.3 Å². The van der Waals surface area contributed by atoms with Crippen molar-refractivity contribution >= 4 is 35.4 Å². The fraction of sp³-hybridized carbons (Fsp3) is 0.409. The average Bonchev–Trinajstić information content (AvgIpc) is 3.02. The summed E-state index contributed by atoms with van der Waals surface area (Å²) in [7, 11) is 0. The normalized spacial score (nSPS) is 14.9. The molecule has 8 nitrogen and oxygen atoms in total. The van der Waals surface area contributed by atoms with Crippen LogP contribution >= 0.6 is 11.3 Å². The van der Waals surface area contributed by atoms with Gasteiger partial charge in [-0.2, -0.15) is 0 Å². The number of esters is 1. The highest BCUT2D eigenvalue weighted by atomic mass is 32.1. The summed E-state index contributed by atoms with van der Waals surface area (Å²) >= 11 is 1.13. The largest absolute Gasteiger partial charge is 0.486 e. The van der Waals surface area contributed by atoms with E-state index in [-0.39, 0.29) is 30.7 Å². The smallest absolute Gasteiger partial charge is 0.333 e. The minimum Gasteiger partial charge on any atom is -0.486 e. The summed E-state index contributed by atoms with van der Waals surface area (Å²) < 4.78 is 18.1. The van der Waals surface area contributed by atoms with Crippen LogP contribution in [0.1, 0.15) is 32.8 Å². The summed E-state index contributed by atoms with van der Waals surface area (Å²) in [6.07, 6.45) is 3.72. The Hall–Kier alpha value is -3.07. The van der Waals surface area contributed by atoms with Crippen molar-refractivity contribution in [1.82, 2.24) is 9.88 Å². The number of nitrogens with zero attached hydrogens (tertiary/aromatic N) is 1. The summed E-state index contributed by atoms with van der Waals surface area (Å²) in [5, 5.41) is 2.84. The molecule has 1 unspecified atom stereocenters. The van der Waals surface area contributed by atoms with Crippen molar-refractivity contribution in [2.75, 3.05) is 19.8 Å². The number of thiazole rings is 1. The maximum Gasteiger partial charge on any atom is 0.333 e. The maximum atomic E-state index is 13.0. The standard InChI is InChI=1S/C22H26N2O6S/c1-4-14(3)23-19(25)13-24-20(12-21(26)28-5-2)31-18(22(24)27)11-15-6-7-16-17(10-15)30-9-8-29-16/h6-7,10-12,14H,4-5,8-9,13H2,1-3H3,(H,23,25)/b18-11-,20-12-. The van der Waals surface area contributed by atoms with Gasteiger partial charge in [-0.3, -0.25) is 14.2 Å². The Balaban J connectivity index is 2.02. The number of fused-ring (bicyclic) bond motifs is 1. The molecule has 0 aliphatic carbocycles. The van der Waals surface area contributed by atoms with Gasteiger partial charge >= 0.3 is 5.97 Å². The van der Waals surface area contributed by atoms with Gasteiger partial charge in [-0.15, -0.1) is 11.3 Å². The molecule has 1 amide bonds. The molecule has 1 N–H and O–H groups in total. The summed E-state index contributed by atoms with van der Waals surface area (Å²) in [4.78, 5) is 37.4. The van der Waals surface area contributed by atoms with Gasteiger partial charge in [-0.1, -0.05) is 13.0 Å². The number of carbonyl (C=O) groups excluding carboxylic acids is 2. The van der Waals surface area contributed by atoms with Crippen LogP contribution in [0.4, 0.5) is 0 Å². The van der Waals surface area contributed by atoms with Crippen molar-refractivity contribution in [3.63, 3.8) is 0 Å². The van der Waals surface area contributed by atoms with E-state index in [2.05, 4.69) is 5.32 Å². The molecule has 0 saturated carbocycles. The Morgan fingerprint density at radius 1 is 1.26 bits per heavy atom. The molecular weight excluding hydrogens is 420 g/mol. The number of aromatic nitrogens is 1. The Bertz CT molecular complexity index is 1130. The molecule has 9 heteroatoms. The third-order valence-electron chi connectivity index (χ3n) is 4.65. The fourth-order valence-electron chi connectivity index (χ4n) is 2.94. The van der Waals surface area contributed by atoms with Crippen LogP contribution in [-0.4, -0.2) is 42.3 Å². The second-order valence-corrected chi connectivity index (χ2v) is 8.08. The van der Waals surface area contributed by atoms with Crippen LogP contribution in [0.15, 0.2) is 23.0 Å². The van der Waals surface area contributed by atoms with Gasteiger partial charge in [0.05, 0.1) is 17.2 Å². The number of rotatable bonds is 7. The highest BCUT2D eigenvalue weighted by molar-refractivity contribution is 7.07. The number of benzene rings is 1. The quantitative estimate of drug-likeness (QED) is 0.632. The number of carbonyl (C=O) groups is 2. The molecule has 1 atom stereocenters. The van der Waals surface area contributed by atoms with Crippen LogP contribution in [-0.2, 0) is 20.9 Å². The monoisotopic (exact) mass is 446 g/mol. The summed E-state index contributed by atoms with van der Waals surface area (Å²) in [5.41, 5.74) is 0.399. The molecule has 31 heavy (non-hydrogen) atoms. The maximum absolute atomic E-state index is 13.0. The molecule has 1 aromatic carbocycles. The van der Waals surface area contributed by atoms with E-state index < -0.39 is 5.97 Å². The Kier molecular flexibility index (Phi) is 7.51. The fourth-order valence-corrected chi connectivity index (χ4v) is 3.98. The molecule has 0 fully saturated rings. The molecule has 0 bridgehead atoms. The van der Waals surface area contributed by atoms with E-state index in [9.17, 15) is 14.4 Å². The zero-order chi connectivity index (χ0) is 22.4. The van der Waals surface area contributed by atoms with Crippen molar-refractivity contribution < 1.29 is 23.8 Å². The average molecular weight is 447 g/mol. The summed E-state index contributed by atoms with van der Waals surface area (Å²) in [5.74, 6) is 0.414. The number of amides is 1. The molecule has 1 aliphatic rings. The summed E-state index contributed by atoms with van der Waals surface area (Å²) in [6.45, 7) is 6.55. The van der Waals surface area contributed by atoms with Gasteiger partial charge < -0.3 is 19.5 Å². The molecular formula is C22H26N2O6S. The highest BCUT2D eigenvalue weighted by Crippen LogP contribution is 2.30. The van der Waals surface area contributed by atoms with Crippen molar-refractivity contribution in [2.45, 2.75) is 39.8 Å². The molecule has 2 aromatic rings. The lowest BCUT2D eigenvalue weighted by Gasteiger charge is -2.18. The Morgan fingerprint density at radius 2 is 2.00 bits per heavy atom. The predicted molar refractivity (Wildman–Crippen MR) is 118 cm³/mol. The van der Waals surface area contributed by atoms with Gasteiger partial charge in [-0.25, -0.2) is 4.79 Å². The van der Waals surface area contributed by atoms with Crippen LogP contribution in [0, 0.1) is 0 Å². The molecule has 0 spiro atoms. The van der Waals surface area contributed by atoms with E-state index in [1.807, 2.05) is 19.9 Å². The molecule has 0 radical (unpaired) electrons. The van der Waals surface area contributed by atoms with Crippen LogP contribution in [0.5, 0.6) is 11.5 Å². The number of ether oxygens (including phenoxy) is 3. The third kappa shape index (κ3) is 5.75. The number of nitrogens with one attached hydrogen (secondary N) is 1. The predicted octanol–water partition coefficient (Wildman–Crippen LogP) is 0.768. The first kappa shape index (κ1) is 22.6. The van der Waals surface area contributed by atoms with Gasteiger partial charge in [-0.05, 0) is 44.0 Å². The lowest BCUT2D eigenvalue weighted by molar-refractivity contribution is -0.135. The van der Waals surface area contributed by atoms with Gasteiger partial charge in [0.15, 0.2) is 11.5 Å². The minimum atomic E-state index is -0.564. The minimum absolute atomic E-state index is 0.0110. The van der Waals surface area contributed by atoms with E-state index in [1.54, 1.807) is 25.1 Å². The van der Waals surface area contributed by atoms with E-state index in [1.165, 1.54) is 10.6 Å².